The van der Waals surface area contributed by atoms with Crippen LogP contribution in [-0.4, -0.2) is 12.1 Å². The standard InChI is InChI=1S/C13H27N/c1-5-13(12-8-9-12)14-11(4)7-6-10(2)3/h10-14H,5-9H2,1-4H3. The molecule has 1 aliphatic carbocycles. The second-order valence-corrected chi connectivity index (χ2v) is 5.39. The van der Waals surface area contributed by atoms with E-state index in [-0.39, 0.29) is 0 Å². The Balaban J connectivity index is 2.13. The van der Waals surface area contributed by atoms with E-state index in [0.29, 0.717) is 6.04 Å². The summed E-state index contributed by atoms with van der Waals surface area (Å²) in [7, 11) is 0. The summed E-state index contributed by atoms with van der Waals surface area (Å²) in [4.78, 5) is 0. The zero-order valence-electron chi connectivity index (χ0n) is 10.3. The van der Waals surface area contributed by atoms with Gasteiger partial charge >= 0.3 is 0 Å². The van der Waals surface area contributed by atoms with Gasteiger partial charge in [0.25, 0.3) is 0 Å². The topological polar surface area (TPSA) is 12.0 Å². The number of rotatable bonds is 7. The lowest BCUT2D eigenvalue weighted by Gasteiger charge is -2.22. The van der Waals surface area contributed by atoms with Crippen molar-refractivity contribution in [2.45, 2.75) is 71.9 Å². The van der Waals surface area contributed by atoms with Gasteiger partial charge in [0, 0.05) is 12.1 Å². The van der Waals surface area contributed by atoms with E-state index in [0.717, 1.165) is 17.9 Å². The van der Waals surface area contributed by atoms with Gasteiger partial charge in [-0.2, -0.15) is 0 Å². The molecule has 1 heteroatoms. The normalized spacial score (nSPS) is 21.2. The van der Waals surface area contributed by atoms with E-state index in [2.05, 4.69) is 33.0 Å². The Hall–Kier alpha value is -0.0400. The Labute approximate surface area is 89.7 Å². The molecule has 0 aromatic rings. The van der Waals surface area contributed by atoms with E-state index in [1.54, 1.807) is 0 Å². The van der Waals surface area contributed by atoms with Gasteiger partial charge in [0.15, 0.2) is 0 Å². The molecule has 0 radical (unpaired) electrons. The van der Waals surface area contributed by atoms with Crippen LogP contribution in [0.15, 0.2) is 0 Å². The van der Waals surface area contributed by atoms with Crippen LogP contribution >= 0.6 is 0 Å². The molecule has 0 aliphatic heterocycles. The molecule has 1 fully saturated rings. The van der Waals surface area contributed by atoms with Crippen molar-refractivity contribution in [2.75, 3.05) is 0 Å². The van der Waals surface area contributed by atoms with E-state index in [1.807, 2.05) is 0 Å². The first kappa shape index (κ1) is 12.0. The summed E-state index contributed by atoms with van der Waals surface area (Å²) in [5.74, 6) is 1.85. The molecule has 0 spiro atoms. The van der Waals surface area contributed by atoms with Crippen LogP contribution in [0.5, 0.6) is 0 Å². The molecule has 1 N–H and O–H groups in total. The third-order valence-electron chi connectivity index (χ3n) is 3.31. The lowest BCUT2D eigenvalue weighted by Crippen LogP contribution is -2.37. The molecule has 1 saturated carbocycles. The van der Waals surface area contributed by atoms with Gasteiger partial charge < -0.3 is 5.32 Å². The fourth-order valence-electron chi connectivity index (χ4n) is 2.12. The number of nitrogens with one attached hydrogen (secondary N) is 1. The van der Waals surface area contributed by atoms with Crippen molar-refractivity contribution in [1.82, 2.24) is 5.32 Å². The van der Waals surface area contributed by atoms with Gasteiger partial charge in [-0.05, 0) is 50.9 Å². The van der Waals surface area contributed by atoms with Crippen molar-refractivity contribution in [3.63, 3.8) is 0 Å². The molecular formula is C13H27N. The van der Waals surface area contributed by atoms with Crippen molar-refractivity contribution in [1.29, 1.82) is 0 Å². The minimum absolute atomic E-state index is 0.711. The van der Waals surface area contributed by atoms with E-state index in [9.17, 15) is 0 Å². The molecule has 2 atom stereocenters. The SMILES string of the molecule is CCC(NC(C)CCC(C)C)C1CC1. The minimum Gasteiger partial charge on any atom is -0.311 e. The van der Waals surface area contributed by atoms with Gasteiger partial charge in [-0.15, -0.1) is 0 Å². The predicted octanol–water partition coefficient (Wildman–Crippen LogP) is 3.59. The quantitative estimate of drug-likeness (QED) is 0.657. The molecular weight excluding hydrogens is 170 g/mol. The molecule has 14 heavy (non-hydrogen) atoms. The lowest BCUT2D eigenvalue weighted by atomic mass is 10.0. The third kappa shape index (κ3) is 4.45. The Morgan fingerprint density at radius 3 is 2.21 bits per heavy atom. The molecule has 0 saturated heterocycles. The van der Waals surface area contributed by atoms with Crippen LogP contribution in [0.4, 0.5) is 0 Å². The predicted molar refractivity (Wildman–Crippen MR) is 63.5 cm³/mol. The monoisotopic (exact) mass is 197 g/mol. The van der Waals surface area contributed by atoms with Gasteiger partial charge in [-0.3, -0.25) is 0 Å². The van der Waals surface area contributed by atoms with E-state index in [4.69, 9.17) is 0 Å². The largest absolute Gasteiger partial charge is 0.311 e. The summed E-state index contributed by atoms with van der Waals surface area (Å²) in [5, 5.41) is 3.78. The minimum atomic E-state index is 0.711. The fraction of sp³-hybridized carbons (Fsp3) is 1.00. The zero-order chi connectivity index (χ0) is 10.6. The van der Waals surface area contributed by atoms with E-state index >= 15 is 0 Å². The summed E-state index contributed by atoms with van der Waals surface area (Å²) in [6, 6.07) is 1.51. The Bertz CT molecular complexity index is 149. The van der Waals surface area contributed by atoms with E-state index in [1.165, 1.54) is 32.1 Å². The van der Waals surface area contributed by atoms with Crippen molar-refractivity contribution < 1.29 is 0 Å². The summed E-state index contributed by atoms with van der Waals surface area (Å²) in [6.07, 6.45) is 6.91. The fourth-order valence-corrected chi connectivity index (χ4v) is 2.12. The molecule has 0 bridgehead atoms. The molecule has 0 heterocycles. The molecule has 0 aromatic carbocycles. The van der Waals surface area contributed by atoms with Gasteiger partial charge in [-0.25, -0.2) is 0 Å². The highest BCUT2D eigenvalue weighted by atomic mass is 15.0. The van der Waals surface area contributed by atoms with Crippen molar-refractivity contribution in [3.8, 4) is 0 Å². The van der Waals surface area contributed by atoms with Gasteiger partial charge in [0.05, 0.1) is 0 Å². The maximum Gasteiger partial charge on any atom is 0.00951 e. The molecule has 2 unspecified atom stereocenters. The summed E-state index contributed by atoms with van der Waals surface area (Å²) >= 11 is 0. The van der Waals surface area contributed by atoms with Crippen LogP contribution in [0.3, 0.4) is 0 Å². The molecule has 0 aromatic heterocycles. The maximum atomic E-state index is 3.78. The lowest BCUT2D eigenvalue weighted by molar-refractivity contribution is 0.367. The Kier molecular flexibility index (Phi) is 4.94. The average molecular weight is 197 g/mol. The van der Waals surface area contributed by atoms with Crippen molar-refractivity contribution in [3.05, 3.63) is 0 Å². The number of hydrogen-bond donors (Lipinski definition) is 1. The van der Waals surface area contributed by atoms with Crippen LogP contribution in [0.1, 0.15) is 59.8 Å². The van der Waals surface area contributed by atoms with Crippen LogP contribution in [0.25, 0.3) is 0 Å². The van der Waals surface area contributed by atoms with Gasteiger partial charge in [-0.1, -0.05) is 20.8 Å². The first-order valence-electron chi connectivity index (χ1n) is 6.39. The van der Waals surface area contributed by atoms with Gasteiger partial charge in [0.1, 0.15) is 0 Å². The third-order valence-corrected chi connectivity index (χ3v) is 3.31. The Morgan fingerprint density at radius 1 is 1.14 bits per heavy atom. The first-order valence-corrected chi connectivity index (χ1v) is 6.39. The summed E-state index contributed by atoms with van der Waals surface area (Å²) in [5.41, 5.74) is 0. The van der Waals surface area contributed by atoms with Crippen LogP contribution in [0.2, 0.25) is 0 Å². The van der Waals surface area contributed by atoms with Crippen molar-refractivity contribution >= 4 is 0 Å². The van der Waals surface area contributed by atoms with Crippen LogP contribution < -0.4 is 5.32 Å². The average Bonchev–Trinajstić information content (AvgIpc) is 2.94. The smallest absolute Gasteiger partial charge is 0.00951 e. The summed E-state index contributed by atoms with van der Waals surface area (Å²) < 4.78 is 0. The van der Waals surface area contributed by atoms with Crippen LogP contribution in [0, 0.1) is 11.8 Å². The molecule has 1 rings (SSSR count). The second-order valence-electron chi connectivity index (χ2n) is 5.39. The second kappa shape index (κ2) is 5.75. The highest BCUT2D eigenvalue weighted by Gasteiger charge is 2.30. The molecule has 0 amide bonds. The number of hydrogen-bond acceptors (Lipinski definition) is 1. The zero-order valence-corrected chi connectivity index (χ0v) is 10.3. The molecule has 1 aliphatic rings. The maximum absolute atomic E-state index is 3.78. The van der Waals surface area contributed by atoms with E-state index < -0.39 is 0 Å². The highest BCUT2D eigenvalue weighted by Crippen LogP contribution is 2.34. The first-order chi connectivity index (χ1) is 6.63. The summed E-state index contributed by atoms with van der Waals surface area (Å²) in [6.45, 7) is 9.27. The van der Waals surface area contributed by atoms with Crippen molar-refractivity contribution in [2.24, 2.45) is 11.8 Å². The molecule has 1 nitrogen and oxygen atoms in total. The van der Waals surface area contributed by atoms with Crippen LogP contribution in [-0.2, 0) is 0 Å². The highest BCUT2D eigenvalue weighted by molar-refractivity contribution is 4.86. The van der Waals surface area contributed by atoms with Gasteiger partial charge in [0.2, 0.25) is 0 Å². The Morgan fingerprint density at radius 2 is 1.79 bits per heavy atom. The molecule has 84 valence electrons.